The van der Waals surface area contributed by atoms with Crippen molar-refractivity contribution in [1.82, 2.24) is 20.8 Å². The number of nitrogens with one attached hydrogen (secondary N) is 1. The van der Waals surface area contributed by atoms with Gasteiger partial charge in [0.2, 0.25) is 5.91 Å². The summed E-state index contributed by atoms with van der Waals surface area (Å²) in [5.41, 5.74) is 8.06. The van der Waals surface area contributed by atoms with E-state index in [4.69, 9.17) is 10.4 Å². The Labute approximate surface area is 153 Å². The van der Waals surface area contributed by atoms with E-state index in [0.29, 0.717) is 5.69 Å². The number of pyridine rings is 1. The number of hydrogen-bond donors (Lipinski definition) is 3. The van der Waals surface area contributed by atoms with Crippen molar-refractivity contribution >= 4 is 33.4 Å². The molecule has 2 heterocycles. The second-order valence-electron chi connectivity index (χ2n) is 4.93. The maximum Gasteiger partial charge on any atom is 0.248 e. The molecular formula is C15H10BrFN6O3. The third-order valence-corrected chi connectivity index (χ3v) is 3.86. The predicted octanol–water partition coefficient (Wildman–Crippen LogP) is 2.19. The van der Waals surface area contributed by atoms with Crippen LogP contribution < -0.4 is 11.2 Å². The van der Waals surface area contributed by atoms with Crippen molar-refractivity contribution in [2.75, 3.05) is 0 Å². The summed E-state index contributed by atoms with van der Waals surface area (Å²) in [5.74, 6) is -1.22. The fourth-order valence-electron chi connectivity index (χ4n) is 2.04. The molecule has 0 bridgehead atoms. The minimum absolute atomic E-state index is 0.0297. The lowest BCUT2D eigenvalue weighted by Crippen LogP contribution is -2.21. The van der Waals surface area contributed by atoms with Crippen molar-refractivity contribution in [1.29, 1.82) is 0 Å². The van der Waals surface area contributed by atoms with Crippen LogP contribution in [-0.4, -0.2) is 32.2 Å². The van der Waals surface area contributed by atoms with Crippen LogP contribution in [0.25, 0.3) is 11.4 Å². The highest BCUT2D eigenvalue weighted by Crippen LogP contribution is 2.24. The van der Waals surface area contributed by atoms with E-state index >= 15 is 0 Å². The van der Waals surface area contributed by atoms with Gasteiger partial charge in [-0.2, -0.15) is 0 Å². The van der Waals surface area contributed by atoms with Crippen molar-refractivity contribution in [2.45, 2.75) is 0 Å². The largest absolute Gasteiger partial charge is 0.366 e. The van der Waals surface area contributed by atoms with Crippen LogP contribution in [0.15, 0.2) is 50.6 Å². The average Bonchev–Trinajstić information content (AvgIpc) is 3.12. The normalized spacial score (nSPS) is 11.4. The molecule has 3 aromatic rings. The minimum atomic E-state index is -0.642. The molecule has 0 unspecified atom stereocenters. The topological polar surface area (TPSA) is 140 Å². The van der Waals surface area contributed by atoms with Gasteiger partial charge in [0, 0.05) is 11.8 Å². The number of nitrogens with two attached hydrogens (primary N) is 1. The lowest BCUT2D eigenvalue weighted by molar-refractivity contribution is 0.1000. The number of aliphatic imine (C=N–C) groups is 1. The van der Waals surface area contributed by atoms with Crippen molar-refractivity contribution in [2.24, 2.45) is 10.7 Å². The molecule has 3 rings (SSSR count). The Morgan fingerprint density at radius 1 is 1.31 bits per heavy atom. The highest BCUT2D eigenvalue weighted by Gasteiger charge is 2.20. The number of rotatable bonds is 4. The number of hydroxylamine groups is 1. The van der Waals surface area contributed by atoms with Gasteiger partial charge in [-0.1, -0.05) is 0 Å². The standard InChI is InChI=1S/C15H10BrFN6O3/c16-9-6-8(1-2-10(9)17)20-15(21-25)13-12(22-26-23-13)11-5-7(14(18)24)3-4-19-11/h1-6,25H,(H2,18,24)(H,20,21). The van der Waals surface area contributed by atoms with E-state index in [-0.39, 0.29) is 33.0 Å². The number of amidine groups is 1. The van der Waals surface area contributed by atoms with Gasteiger partial charge >= 0.3 is 0 Å². The van der Waals surface area contributed by atoms with E-state index in [9.17, 15) is 14.4 Å². The Bertz CT molecular complexity index is 1010. The van der Waals surface area contributed by atoms with E-state index in [0.717, 1.165) is 0 Å². The van der Waals surface area contributed by atoms with Crippen LogP contribution in [0.5, 0.6) is 0 Å². The summed E-state index contributed by atoms with van der Waals surface area (Å²) in [4.78, 5) is 19.5. The lowest BCUT2D eigenvalue weighted by Gasteiger charge is -2.04. The molecule has 0 saturated carbocycles. The van der Waals surface area contributed by atoms with Gasteiger partial charge in [-0.3, -0.25) is 20.5 Å². The van der Waals surface area contributed by atoms with Gasteiger partial charge in [0.25, 0.3) is 0 Å². The second-order valence-corrected chi connectivity index (χ2v) is 5.78. The number of carbonyl (C=O) groups excluding carboxylic acids is 1. The number of primary amides is 1. The molecule has 0 aliphatic rings. The van der Waals surface area contributed by atoms with Crippen LogP contribution in [0.2, 0.25) is 0 Å². The molecular weight excluding hydrogens is 411 g/mol. The highest BCUT2D eigenvalue weighted by atomic mass is 79.9. The molecule has 1 amide bonds. The predicted molar refractivity (Wildman–Crippen MR) is 91.3 cm³/mol. The first-order valence-corrected chi connectivity index (χ1v) is 7.82. The third-order valence-electron chi connectivity index (χ3n) is 3.25. The summed E-state index contributed by atoms with van der Waals surface area (Å²) in [6.45, 7) is 0. The van der Waals surface area contributed by atoms with E-state index in [2.05, 4.69) is 36.2 Å². The first-order valence-electron chi connectivity index (χ1n) is 7.02. The lowest BCUT2D eigenvalue weighted by atomic mass is 10.1. The molecule has 2 aromatic heterocycles. The van der Waals surface area contributed by atoms with Crippen molar-refractivity contribution < 1.29 is 19.0 Å². The Morgan fingerprint density at radius 3 is 2.81 bits per heavy atom. The van der Waals surface area contributed by atoms with E-state index in [1.165, 1.54) is 36.5 Å². The van der Waals surface area contributed by atoms with Gasteiger partial charge in [-0.25, -0.2) is 14.0 Å². The Morgan fingerprint density at radius 2 is 2.12 bits per heavy atom. The molecule has 0 atom stereocenters. The van der Waals surface area contributed by atoms with Crippen LogP contribution in [0.1, 0.15) is 16.1 Å². The number of carbonyl (C=O) groups is 1. The molecule has 11 heteroatoms. The summed E-state index contributed by atoms with van der Waals surface area (Å²) in [6.07, 6.45) is 1.37. The maximum atomic E-state index is 13.3. The zero-order chi connectivity index (χ0) is 18.7. The smallest absolute Gasteiger partial charge is 0.248 e. The Kier molecular flexibility index (Phi) is 5.00. The molecule has 1 aromatic carbocycles. The molecule has 0 fully saturated rings. The van der Waals surface area contributed by atoms with Gasteiger partial charge in [0.05, 0.1) is 15.9 Å². The zero-order valence-electron chi connectivity index (χ0n) is 12.8. The summed E-state index contributed by atoms with van der Waals surface area (Å²) >= 11 is 3.05. The average molecular weight is 421 g/mol. The third kappa shape index (κ3) is 3.58. The number of benzene rings is 1. The van der Waals surface area contributed by atoms with E-state index in [1.54, 1.807) is 0 Å². The van der Waals surface area contributed by atoms with Gasteiger partial charge < -0.3 is 5.73 Å². The number of halogens is 2. The quantitative estimate of drug-likeness (QED) is 0.333. The maximum absolute atomic E-state index is 13.3. The monoisotopic (exact) mass is 420 g/mol. The molecule has 0 spiro atoms. The first-order chi connectivity index (χ1) is 12.5. The van der Waals surface area contributed by atoms with Crippen LogP contribution in [0.4, 0.5) is 10.1 Å². The van der Waals surface area contributed by atoms with Crippen LogP contribution in [-0.2, 0) is 0 Å². The van der Waals surface area contributed by atoms with Crippen molar-refractivity contribution in [3.8, 4) is 11.4 Å². The molecule has 0 aliphatic heterocycles. The van der Waals surface area contributed by atoms with Crippen molar-refractivity contribution in [3.63, 3.8) is 0 Å². The number of hydrogen-bond acceptors (Lipinski definition) is 7. The fourth-order valence-corrected chi connectivity index (χ4v) is 2.41. The SMILES string of the molecule is NC(=O)c1ccnc(-c2nonc2C(=Nc2ccc(F)c(Br)c2)NO)c1. The second kappa shape index (κ2) is 7.37. The van der Waals surface area contributed by atoms with Crippen LogP contribution in [0.3, 0.4) is 0 Å². The first kappa shape index (κ1) is 17.6. The number of nitrogens with zero attached hydrogens (tertiary/aromatic N) is 4. The molecule has 9 nitrogen and oxygen atoms in total. The van der Waals surface area contributed by atoms with Gasteiger partial charge in [0.15, 0.2) is 17.2 Å². The highest BCUT2D eigenvalue weighted by molar-refractivity contribution is 9.10. The summed E-state index contributed by atoms with van der Waals surface area (Å²) in [6, 6.07) is 6.85. The van der Waals surface area contributed by atoms with Crippen LogP contribution in [0, 0.1) is 5.82 Å². The molecule has 132 valence electrons. The molecule has 0 saturated heterocycles. The zero-order valence-corrected chi connectivity index (χ0v) is 14.4. The number of amides is 1. The minimum Gasteiger partial charge on any atom is -0.366 e. The van der Waals surface area contributed by atoms with E-state index < -0.39 is 11.7 Å². The molecule has 0 aliphatic carbocycles. The molecule has 4 N–H and O–H groups in total. The van der Waals surface area contributed by atoms with Gasteiger partial charge in [-0.15, -0.1) is 0 Å². The summed E-state index contributed by atoms with van der Waals surface area (Å²) in [5, 5.41) is 16.8. The number of aromatic nitrogens is 3. The summed E-state index contributed by atoms with van der Waals surface area (Å²) in [7, 11) is 0. The van der Waals surface area contributed by atoms with Crippen molar-refractivity contribution in [3.05, 3.63) is 58.1 Å². The molecule has 26 heavy (non-hydrogen) atoms. The van der Waals surface area contributed by atoms with E-state index in [1.807, 2.05) is 5.48 Å². The van der Waals surface area contributed by atoms with Gasteiger partial charge in [0.1, 0.15) is 5.82 Å². The molecule has 0 radical (unpaired) electrons. The fraction of sp³-hybridized carbons (Fsp3) is 0. The van der Waals surface area contributed by atoms with Gasteiger partial charge in [-0.05, 0) is 56.6 Å². The van der Waals surface area contributed by atoms with Crippen LogP contribution >= 0.6 is 15.9 Å². The Hall–Kier alpha value is -3.18. The Balaban J connectivity index is 2.05. The summed E-state index contributed by atoms with van der Waals surface area (Å²) < 4.78 is 18.2.